The van der Waals surface area contributed by atoms with E-state index in [0.29, 0.717) is 0 Å². The highest BCUT2D eigenvalue weighted by molar-refractivity contribution is 5.91. The molecule has 0 bridgehead atoms. The Morgan fingerprint density at radius 2 is 2.10 bits per heavy atom. The van der Waals surface area contributed by atoms with Crippen LogP contribution in [0.2, 0.25) is 0 Å². The number of fused-ring (bicyclic) bond motifs is 1. The predicted octanol–water partition coefficient (Wildman–Crippen LogP) is 0.629. The molecule has 1 aromatic heterocycles. The Hall–Kier alpha value is -2.25. The first kappa shape index (κ1) is 15.1. The highest BCUT2D eigenvalue weighted by atomic mass is 16.5. The lowest BCUT2D eigenvalue weighted by Gasteiger charge is -2.13. The molecule has 114 valence electrons. The molecule has 0 radical (unpaired) electrons. The van der Waals surface area contributed by atoms with Crippen molar-refractivity contribution < 1.29 is 29.2 Å². The van der Waals surface area contributed by atoms with Crippen molar-refractivity contribution >= 4 is 11.0 Å². The molecule has 1 aromatic carbocycles. The first-order chi connectivity index (χ1) is 10.1. The van der Waals surface area contributed by atoms with Gasteiger partial charge in [-0.3, -0.25) is 0 Å². The van der Waals surface area contributed by atoms with Gasteiger partial charge in [0.2, 0.25) is 5.75 Å². The van der Waals surface area contributed by atoms with Crippen LogP contribution in [0.25, 0.3) is 11.0 Å². The van der Waals surface area contributed by atoms with Crippen molar-refractivity contribution in [3.05, 3.63) is 28.6 Å². The van der Waals surface area contributed by atoms with Gasteiger partial charge in [-0.25, -0.2) is 4.79 Å². The maximum Gasteiger partial charge on any atom is 0.383 e. The fourth-order valence-corrected chi connectivity index (χ4v) is 1.82. The van der Waals surface area contributed by atoms with Crippen LogP contribution in [-0.2, 0) is 0 Å². The third-order valence-corrected chi connectivity index (χ3v) is 2.76. The second-order valence-corrected chi connectivity index (χ2v) is 4.28. The summed E-state index contributed by atoms with van der Waals surface area (Å²) in [7, 11) is 0. The third-order valence-electron chi connectivity index (χ3n) is 2.76. The van der Waals surface area contributed by atoms with E-state index in [2.05, 4.69) is 0 Å². The molecule has 0 aliphatic heterocycles. The Morgan fingerprint density at radius 3 is 2.76 bits per heavy atom. The van der Waals surface area contributed by atoms with Gasteiger partial charge in [0, 0.05) is 0 Å². The highest BCUT2D eigenvalue weighted by Gasteiger charge is 2.19. The summed E-state index contributed by atoms with van der Waals surface area (Å²) in [6, 6.07) is 4.62. The second kappa shape index (κ2) is 6.47. The third kappa shape index (κ3) is 3.09. The summed E-state index contributed by atoms with van der Waals surface area (Å²) in [5, 5.41) is 28.4. The van der Waals surface area contributed by atoms with E-state index in [1.54, 1.807) is 19.1 Å². The van der Waals surface area contributed by atoms with Gasteiger partial charge in [0.1, 0.15) is 29.4 Å². The van der Waals surface area contributed by atoms with Crippen LogP contribution >= 0.6 is 0 Å². The second-order valence-electron chi connectivity index (χ2n) is 4.28. The molecule has 0 aliphatic rings. The number of rotatable bonds is 6. The molecule has 0 spiro atoms. The number of aliphatic hydroxyl groups is 2. The standard InChI is InChI=1S/C14H16O7/c1-2-19-13-12(17)11-9(20-7-8(16)6-15)4-3-5-10(11)21-14(13)18/h3-5,8,15-17H,2,6-7H2,1H3. The van der Waals surface area contributed by atoms with Crippen molar-refractivity contribution in [3.8, 4) is 17.2 Å². The molecule has 2 aromatic rings. The average molecular weight is 296 g/mol. The molecular formula is C14H16O7. The summed E-state index contributed by atoms with van der Waals surface area (Å²) < 4.78 is 15.5. The maximum absolute atomic E-state index is 11.7. The van der Waals surface area contributed by atoms with Crippen LogP contribution in [0.4, 0.5) is 0 Å². The molecule has 0 saturated heterocycles. The lowest BCUT2D eigenvalue weighted by atomic mass is 10.2. The number of aliphatic hydroxyl groups excluding tert-OH is 2. The summed E-state index contributed by atoms with van der Waals surface area (Å²) >= 11 is 0. The lowest BCUT2D eigenvalue weighted by molar-refractivity contribution is 0.0540. The molecule has 1 unspecified atom stereocenters. The molecule has 21 heavy (non-hydrogen) atoms. The first-order valence-electron chi connectivity index (χ1n) is 6.41. The van der Waals surface area contributed by atoms with Crippen molar-refractivity contribution in [1.29, 1.82) is 0 Å². The van der Waals surface area contributed by atoms with Gasteiger partial charge in [0.25, 0.3) is 0 Å². The van der Waals surface area contributed by atoms with Gasteiger partial charge in [-0.2, -0.15) is 0 Å². The van der Waals surface area contributed by atoms with E-state index < -0.39 is 18.3 Å². The van der Waals surface area contributed by atoms with E-state index >= 15 is 0 Å². The van der Waals surface area contributed by atoms with Crippen LogP contribution in [-0.4, -0.2) is 41.2 Å². The topological polar surface area (TPSA) is 109 Å². The van der Waals surface area contributed by atoms with Gasteiger partial charge >= 0.3 is 5.63 Å². The minimum absolute atomic E-state index is 0.136. The molecular weight excluding hydrogens is 280 g/mol. The van der Waals surface area contributed by atoms with Crippen LogP contribution < -0.4 is 15.1 Å². The van der Waals surface area contributed by atoms with Crippen molar-refractivity contribution in [1.82, 2.24) is 0 Å². The predicted molar refractivity (Wildman–Crippen MR) is 73.9 cm³/mol. The minimum Gasteiger partial charge on any atom is -0.503 e. The van der Waals surface area contributed by atoms with Crippen LogP contribution in [0.1, 0.15) is 6.92 Å². The molecule has 0 fully saturated rings. The van der Waals surface area contributed by atoms with Gasteiger partial charge in [0.05, 0.1) is 13.2 Å². The molecule has 2 rings (SSSR count). The number of ether oxygens (including phenoxy) is 2. The lowest BCUT2D eigenvalue weighted by Crippen LogP contribution is -2.21. The Bertz CT molecular complexity index is 677. The summed E-state index contributed by atoms with van der Waals surface area (Å²) in [4.78, 5) is 11.7. The van der Waals surface area contributed by atoms with Gasteiger partial charge < -0.3 is 29.2 Å². The molecule has 1 heterocycles. The maximum atomic E-state index is 11.7. The molecule has 7 nitrogen and oxygen atoms in total. The largest absolute Gasteiger partial charge is 0.503 e. The van der Waals surface area contributed by atoms with Crippen molar-refractivity contribution in [2.75, 3.05) is 19.8 Å². The SMILES string of the molecule is CCOc1c(O)c2c(OCC(O)CO)cccc2oc1=O. The van der Waals surface area contributed by atoms with E-state index in [4.69, 9.17) is 19.0 Å². The van der Waals surface area contributed by atoms with Gasteiger partial charge in [-0.05, 0) is 19.1 Å². The Balaban J connectivity index is 2.51. The summed E-state index contributed by atoms with van der Waals surface area (Å²) in [5.74, 6) is -0.455. The average Bonchev–Trinajstić information content (AvgIpc) is 2.48. The Labute approximate surface area is 120 Å². The van der Waals surface area contributed by atoms with Crippen molar-refractivity contribution in [3.63, 3.8) is 0 Å². The molecule has 1 atom stereocenters. The van der Waals surface area contributed by atoms with E-state index in [0.717, 1.165) is 0 Å². The molecule has 0 amide bonds. The minimum atomic E-state index is -1.05. The number of hydrogen-bond donors (Lipinski definition) is 3. The summed E-state index contributed by atoms with van der Waals surface area (Å²) in [6.45, 7) is 1.24. The zero-order valence-electron chi connectivity index (χ0n) is 11.4. The van der Waals surface area contributed by atoms with Crippen LogP contribution in [0.15, 0.2) is 27.4 Å². The van der Waals surface area contributed by atoms with Crippen LogP contribution in [0, 0.1) is 0 Å². The molecule has 7 heteroatoms. The number of benzene rings is 1. The first-order valence-corrected chi connectivity index (χ1v) is 6.41. The van der Waals surface area contributed by atoms with Gasteiger partial charge in [-0.15, -0.1) is 0 Å². The fraction of sp³-hybridized carbons (Fsp3) is 0.357. The normalized spacial score (nSPS) is 12.3. The van der Waals surface area contributed by atoms with E-state index in [1.165, 1.54) is 6.07 Å². The monoisotopic (exact) mass is 296 g/mol. The van der Waals surface area contributed by atoms with E-state index in [9.17, 15) is 15.0 Å². The summed E-state index contributed by atoms with van der Waals surface area (Å²) in [5.41, 5.74) is -0.647. The zero-order valence-corrected chi connectivity index (χ0v) is 11.4. The molecule has 0 aliphatic carbocycles. The van der Waals surface area contributed by atoms with Crippen molar-refractivity contribution in [2.24, 2.45) is 0 Å². The Morgan fingerprint density at radius 1 is 1.33 bits per heavy atom. The number of hydrogen-bond acceptors (Lipinski definition) is 7. The fourth-order valence-electron chi connectivity index (χ4n) is 1.82. The summed E-state index contributed by atoms with van der Waals surface area (Å²) in [6.07, 6.45) is -1.05. The van der Waals surface area contributed by atoms with Crippen LogP contribution in [0.5, 0.6) is 17.2 Å². The van der Waals surface area contributed by atoms with Gasteiger partial charge in [-0.1, -0.05) is 6.07 Å². The van der Waals surface area contributed by atoms with Crippen molar-refractivity contribution in [2.45, 2.75) is 13.0 Å². The zero-order chi connectivity index (χ0) is 15.4. The van der Waals surface area contributed by atoms with Crippen LogP contribution in [0.3, 0.4) is 0 Å². The van der Waals surface area contributed by atoms with E-state index in [-0.39, 0.29) is 41.4 Å². The smallest absolute Gasteiger partial charge is 0.383 e. The molecule has 3 N–H and O–H groups in total. The Kier molecular flexibility index (Phi) is 4.66. The van der Waals surface area contributed by atoms with Gasteiger partial charge in [0.15, 0.2) is 5.75 Å². The quantitative estimate of drug-likeness (QED) is 0.671. The highest BCUT2D eigenvalue weighted by Crippen LogP contribution is 2.37. The number of aromatic hydroxyl groups is 1. The molecule has 0 saturated carbocycles. The van der Waals surface area contributed by atoms with E-state index in [1.807, 2.05) is 0 Å².